The third kappa shape index (κ3) is 1.07. The Bertz CT molecular complexity index is 351. The second kappa shape index (κ2) is 2.77. The van der Waals surface area contributed by atoms with Crippen molar-refractivity contribution in [3.05, 3.63) is 33.7 Å². The third-order valence-corrected chi connectivity index (χ3v) is 2.52. The highest BCUT2D eigenvalue weighted by Gasteiger charge is 2.09. The summed E-state index contributed by atoms with van der Waals surface area (Å²) in [6.07, 6.45) is 3.44. The number of nitrogens with zero attached hydrogens (tertiary/aromatic N) is 1. The van der Waals surface area contributed by atoms with E-state index in [1.807, 2.05) is 17.6 Å². The number of aryl methyl sites for hydroxylation is 2. The zero-order chi connectivity index (χ0) is 8.55. The van der Waals surface area contributed by atoms with Gasteiger partial charge in [-0.2, -0.15) is 0 Å². The monoisotopic (exact) mass is 163 g/mol. The van der Waals surface area contributed by atoms with Gasteiger partial charge in [0.15, 0.2) is 0 Å². The topological polar surface area (TPSA) is 22.0 Å². The predicted molar refractivity (Wildman–Crippen MR) is 48.4 cm³/mol. The van der Waals surface area contributed by atoms with Crippen LogP contribution in [-0.2, 0) is 13.0 Å². The molecule has 1 aromatic rings. The van der Waals surface area contributed by atoms with Crippen LogP contribution in [-0.4, -0.2) is 4.57 Å². The fourth-order valence-electron chi connectivity index (χ4n) is 1.77. The zero-order valence-electron chi connectivity index (χ0n) is 7.34. The first-order valence-electron chi connectivity index (χ1n) is 4.48. The fraction of sp³-hybridized carbons (Fsp3) is 0.500. The minimum absolute atomic E-state index is 0.201. The van der Waals surface area contributed by atoms with Crippen molar-refractivity contribution in [2.75, 3.05) is 0 Å². The lowest BCUT2D eigenvalue weighted by Gasteiger charge is -2.18. The van der Waals surface area contributed by atoms with Crippen LogP contribution < -0.4 is 5.56 Å². The smallest absolute Gasteiger partial charge is 0.253 e. The van der Waals surface area contributed by atoms with Crippen LogP contribution in [0.4, 0.5) is 0 Å². The summed E-state index contributed by atoms with van der Waals surface area (Å²) >= 11 is 0. The Hall–Kier alpha value is -1.05. The zero-order valence-corrected chi connectivity index (χ0v) is 7.34. The van der Waals surface area contributed by atoms with Gasteiger partial charge in [-0.1, -0.05) is 6.07 Å². The molecule has 0 N–H and O–H groups in total. The minimum atomic E-state index is 0.201. The summed E-state index contributed by atoms with van der Waals surface area (Å²) in [5.74, 6) is 0. The molecular formula is C10H13NO. The summed E-state index contributed by atoms with van der Waals surface area (Å²) < 4.78 is 1.92. The van der Waals surface area contributed by atoms with Crippen molar-refractivity contribution in [2.45, 2.75) is 32.7 Å². The van der Waals surface area contributed by atoms with E-state index in [9.17, 15) is 4.79 Å². The van der Waals surface area contributed by atoms with Crippen molar-refractivity contribution in [2.24, 2.45) is 0 Å². The van der Waals surface area contributed by atoms with E-state index in [1.165, 1.54) is 12.1 Å². The summed E-state index contributed by atoms with van der Waals surface area (Å²) in [5.41, 5.74) is 2.27. The molecule has 0 bridgehead atoms. The van der Waals surface area contributed by atoms with E-state index >= 15 is 0 Å². The van der Waals surface area contributed by atoms with E-state index in [2.05, 4.69) is 6.07 Å². The van der Waals surface area contributed by atoms with Crippen LogP contribution in [0.3, 0.4) is 0 Å². The van der Waals surface area contributed by atoms with Crippen molar-refractivity contribution >= 4 is 0 Å². The molecule has 64 valence electrons. The molecule has 0 amide bonds. The van der Waals surface area contributed by atoms with Crippen molar-refractivity contribution in [3.8, 4) is 0 Å². The molecule has 2 rings (SSSR count). The van der Waals surface area contributed by atoms with Crippen LogP contribution >= 0.6 is 0 Å². The second-order valence-corrected chi connectivity index (χ2v) is 3.42. The van der Waals surface area contributed by atoms with Crippen molar-refractivity contribution in [1.82, 2.24) is 4.57 Å². The summed E-state index contributed by atoms with van der Waals surface area (Å²) in [4.78, 5) is 11.6. The number of pyridine rings is 1. The molecule has 1 aliphatic heterocycles. The molecule has 0 radical (unpaired) electrons. The Kier molecular flexibility index (Phi) is 1.75. The SMILES string of the molecule is Cc1ccc2n(c1=O)CCCC2. The molecule has 0 aliphatic carbocycles. The number of aromatic nitrogens is 1. The summed E-state index contributed by atoms with van der Waals surface area (Å²) in [5, 5.41) is 0. The van der Waals surface area contributed by atoms with Gasteiger partial charge in [0.05, 0.1) is 0 Å². The van der Waals surface area contributed by atoms with Crippen LogP contribution in [0.1, 0.15) is 24.1 Å². The van der Waals surface area contributed by atoms with Gasteiger partial charge in [0.2, 0.25) is 0 Å². The lowest BCUT2D eigenvalue weighted by atomic mass is 10.1. The van der Waals surface area contributed by atoms with Gasteiger partial charge in [-0.3, -0.25) is 4.79 Å². The molecule has 0 aromatic carbocycles. The lowest BCUT2D eigenvalue weighted by molar-refractivity contribution is 0.511. The van der Waals surface area contributed by atoms with Gasteiger partial charge in [0.25, 0.3) is 5.56 Å². The fourth-order valence-corrected chi connectivity index (χ4v) is 1.77. The molecule has 0 saturated carbocycles. The first-order chi connectivity index (χ1) is 5.79. The van der Waals surface area contributed by atoms with Crippen LogP contribution in [0.2, 0.25) is 0 Å². The first-order valence-corrected chi connectivity index (χ1v) is 4.48. The molecule has 2 nitrogen and oxygen atoms in total. The number of hydrogen-bond acceptors (Lipinski definition) is 1. The molecule has 0 atom stereocenters. The van der Waals surface area contributed by atoms with Gasteiger partial charge < -0.3 is 4.57 Å². The maximum atomic E-state index is 11.6. The highest BCUT2D eigenvalue weighted by atomic mass is 16.1. The lowest BCUT2D eigenvalue weighted by Crippen LogP contribution is -2.27. The normalized spacial score (nSPS) is 15.8. The predicted octanol–water partition coefficient (Wildman–Crippen LogP) is 1.49. The molecule has 0 fully saturated rings. The number of fused-ring (bicyclic) bond motifs is 1. The number of rotatable bonds is 0. The van der Waals surface area contributed by atoms with Crippen LogP contribution in [0, 0.1) is 6.92 Å². The quantitative estimate of drug-likeness (QED) is 0.568. The van der Waals surface area contributed by atoms with Crippen LogP contribution in [0.15, 0.2) is 16.9 Å². The van der Waals surface area contributed by atoms with Gasteiger partial charge >= 0.3 is 0 Å². The molecule has 2 heteroatoms. The van der Waals surface area contributed by atoms with Gasteiger partial charge in [0, 0.05) is 17.8 Å². The Morgan fingerprint density at radius 3 is 3.00 bits per heavy atom. The van der Waals surface area contributed by atoms with Crippen molar-refractivity contribution < 1.29 is 0 Å². The van der Waals surface area contributed by atoms with Crippen molar-refractivity contribution in [1.29, 1.82) is 0 Å². The summed E-state index contributed by atoms with van der Waals surface area (Å²) in [6.45, 7) is 2.79. The molecule has 0 unspecified atom stereocenters. The van der Waals surface area contributed by atoms with Gasteiger partial charge in [-0.25, -0.2) is 0 Å². The van der Waals surface area contributed by atoms with E-state index in [4.69, 9.17) is 0 Å². The van der Waals surface area contributed by atoms with E-state index in [1.54, 1.807) is 0 Å². The average molecular weight is 163 g/mol. The molecule has 2 heterocycles. The standard InChI is InChI=1S/C10H13NO/c1-8-5-6-9-4-2-3-7-11(9)10(8)12/h5-6H,2-4,7H2,1H3. The largest absolute Gasteiger partial charge is 0.312 e. The molecule has 0 saturated heterocycles. The third-order valence-electron chi connectivity index (χ3n) is 2.52. The van der Waals surface area contributed by atoms with E-state index < -0.39 is 0 Å². The molecule has 1 aliphatic rings. The van der Waals surface area contributed by atoms with Gasteiger partial charge in [0.1, 0.15) is 0 Å². The molecular weight excluding hydrogens is 150 g/mol. The Balaban J connectivity index is 2.62. The molecule has 12 heavy (non-hydrogen) atoms. The van der Waals surface area contributed by atoms with E-state index in [-0.39, 0.29) is 5.56 Å². The van der Waals surface area contributed by atoms with Crippen LogP contribution in [0.5, 0.6) is 0 Å². The maximum absolute atomic E-state index is 11.6. The number of hydrogen-bond donors (Lipinski definition) is 0. The van der Waals surface area contributed by atoms with Gasteiger partial charge in [-0.05, 0) is 32.3 Å². The Morgan fingerprint density at radius 1 is 1.33 bits per heavy atom. The summed E-state index contributed by atoms with van der Waals surface area (Å²) in [6, 6.07) is 4.01. The first kappa shape index (κ1) is 7.59. The van der Waals surface area contributed by atoms with Crippen LogP contribution in [0.25, 0.3) is 0 Å². The van der Waals surface area contributed by atoms with E-state index in [0.717, 1.165) is 24.9 Å². The molecule has 0 spiro atoms. The highest BCUT2D eigenvalue weighted by molar-refractivity contribution is 5.15. The Labute approximate surface area is 71.8 Å². The second-order valence-electron chi connectivity index (χ2n) is 3.42. The average Bonchev–Trinajstić information content (AvgIpc) is 2.12. The maximum Gasteiger partial charge on any atom is 0.253 e. The summed E-state index contributed by atoms with van der Waals surface area (Å²) in [7, 11) is 0. The van der Waals surface area contributed by atoms with Crippen molar-refractivity contribution in [3.63, 3.8) is 0 Å². The highest BCUT2D eigenvalue weighted by Crippen LogP contribution is 2.11. The molecule has 1 aromatic heterocycles. The van der Waals surface area contributed by atoms with Gasteiger partial charge in [-0.15, -0.1) is 0 Å². The Morgan fingerprint density at radius 2 is 2.17 bits per heavy atom. The minimum Gasteiger partial charge on any atom is -0.312 e. The van der Waals surface area contributed by atoms with E-state index in [0.29, 0.717) is 0 Å².